The summed E-state index contributed by atoms with van der Waals surface area (Å²) >= 11 is 0. The molecule has 1 amide bonds. The van der Waals surface area contributed by atoms with E-state index in [-0.39, 0.29) is 0 Å². The highest BCUT2D eigenvalue weighted by molar-refractivity contribution is 5.71. The first-order valence-electron chi connectivity index (χ1n) is 8.93. The molecule has 1 aromatic carbocycles. The monoisotopic (exact) mass is 391 g/mol. The zero-order valence-electron chi connectivity index (χ0n) is 15.6. The molecule has 3 aromatic rings. The van der Waals surface area contributed by atoms with E-state index in [9.17, 15) is 9.18 Å². The zero-order valence-corrected chi connectivity index (χ0v) is 15.6. The molecule has 0 aliphatic carbocycles. The molecule has 1 aliphatic rings. The average Bonchev–Trinajstić information content (AvgIpc) is 3.25. The molecule has 1 saturated heterocycles. The van der Waals surface area contributed by atoms with Crippen molar-refractivity contribution in [2.75, 3.05) is 0 Å². The van der Waals surface area contributed by atoms with Crippen LogP contribution in [0.3, 0.4) is 0 Å². The van der Waals surface area contributed by atoms with Gasteiger partial charge in [0.15, 0.2) is 6.10 Å². The van der Waals surface area contributed by atoms with Crippen molar-refractivity contribution in [1.82, 2.24) is 19.5 Å². The lowest BCUT2D eigenvalue weighted by Crippen LogP contribution is -2.34. The van der Waals surface area contributed by atoms with Gasteiger partial charge in [-0.25, -0.2) is 25.0 Å². The summed E-state index contributed by atoms with van der Waals surface area (Å²) in [5.74, 6) is 11.6. The van der Waals surface area contributed by atoms with Gasteiger partial charge >= 0.3 is 6.09 Å². The molecule has 0 spiro atoms. The number of benzene rings is 1. The van der Waals surface area contributed by atoms with Crippen molar-refractivity contribution >= 4 is 6.09 Å². The lowest BCUT2D eigenvalue weighted by molar-refractivity contribution is 0.129. The lowest BCUT2D eigenvalue weighted by Gasteiger charge is -2.21. The zero-order chi connectivity index (χ0) is 20.4. The van der Waals surface area contributed by atoms with Crippen LogP contribution in [-0.4, -0.2) is 25.6 Å². The number of aryl methyl sites for hydroxylation is 1. The Balaban J connectivity index is 1.61. The Labute approximate surface area is 166 Å². The Kier molecular flexibility index (Phi) is 4.97. The second-order valence-electron chi connectivity index (χ2n) is 6.71. The SMILES string of the molecule is Cc1cn(CC#Cc2cncc([C@@H]3[C@@H](c4cccc(F)c4)OC(=O)N3N)c2)cn1. The highest BCUT2D eigenvalue weighted by atomic mass is 19.1. The molecule has 1 aliphatic heterocycles. The molecule has 1 fully saturated rings. The fraction of sp³-hybridized carbons (Fsp3) is 0.190. The van der Waals surface area contributed by atoms with Crippen molar-refractivity contribution in [3.8, 4) is 11.8 Å². The summed E-state index contributed by atoms with van der Waals surface area (Å²) < 4.78 is 20.9. The molecule has 0 radical (unpaired) electrons. The number of halogens is 1. The van der Waals surface area contributed by atoms with Gasteiger partial charge in [0.2, 0.25) is 0 Å². The molecule has 3 heterocycles. The Morgan fingerprint density at radius 3 is 2.90 bits per heavy atom. The molecule has 7 nitrogen and oxygen atoms in total. The number of pyridine rings is 1. The summed E-state index contributed by atoms with van der Waals surface area (Å²) in [5, 5.41) is 0.998. The van der Waals surface area contributed by atoms with Crippen molar-refractivity contribution in [2.24, 2.45) is 5.84 Å². The van der Waals surface area contributed by atoms with Crippen molar-refractivity contribution in [1.29, 1.82) is 0 Å². The van der Waals surface area contributed by atoms with Crippen LogP contribution in [0.2, 0.25) is 0 Å². The van der Waals surface area contributed by atoms with Gasteiger partial charge in [0.05, 0.1) is 18.6 Å². The third kappa shape index (κ3) is 3.95. The van der Waals surface area contributed by atoms with E-state index >= 15 is 0 Å². The number of carbonyl (C=O) groups excluding carboxylic acids is 1. The molecule has 29 heavy (non-hydrogen) atoms. The molecule has 2 aromatic heterocycles. The number of ether oxygens (including phenoxy) is 1. The number of amides is 1. The molecule has 0 bridgehead atoms. The van der Waals surface area contributed by atoms with Gasteiger partial charge in [0.1, 0.15) is 11.9 Å². The molecule has 8 heteroatoms. The van der Waals surface area contributed by atoms with Crippen LogP contribution in [0.25, 0.3) is 0 Å². The minimum atomic E-state index is -0.748. The third-order valence-corrected chi connectivity index (χ3v) is 4.56. The number of hydrazine groups is 1. The van der Waals surface area contributed by atoms with Gasteiger partial charge in [-0.3, -0.25) is 4.98 Å². The quantitative estimate of drug-likeness (QED) is 0.422. The molecule has 4 rings (SSSR count). The Morgan fingerprint density at radius 1 is 1.28 bits per heavy atom. The fourth-order valence-corrected chi connectivity index (χ4v) is 3.24. The summed E-state index contributed by atoms with van der Waals surface area (Å²) in [6.07, 6.45) is 5.42. The van der Waals surface area contributed by atoms with E-state index in [1.807, 2.05) is 17.7 Å². The molecule has 0 unspecified atom stereocenters. The van der Waals surface area contributed by atoms with E-state index in [1.165, 1.54) is 12.1 Å². The normalized spacial score (nSPS) is 18.3. The van der Waals surface area contributed by atoms with Crippen LogP contribution in [0, 0.1) is 24.6 Å². The maximum atomic E-state index is 13.7. The number of rotatable bonds is 3. The molecule has 146 valence electrons. The lowest BCUT2D eigenvalue weighted by atomic mass is 9.96. The largest absolute Gasteiger partial charge is 0.438 e. The first-order valence-corrected chi connectivity index (χ1v) is 8.93. The first-order chi connectivity index (χ1) is 14.0. The van der Waals surface area contributed by atoms with Crippen LogP contribution >= 0.6 is 0 Å². The molecule has 2 atom stereocenters. The molecular formula is C21H18FN5O2. The molecular weight excluding hydrogens is 373 g/mol. The van der Waals surface area contributed by atoms with Crippen LogP contribution in [0.4, 0.5) is 9.18 Å². The highest BCUT2D eigenvalue weighted by Gasteiger charge is 2.42. The predicted octanol–water partition coefficient (Wildman–Crippen LogP) is 2.89. The van der Waals surface area contributed by atoms with Crippen LogP contribution < -0.4 is 5.84 Å². The van der Waals surface area contributed by atoms with E-state index in [0.29, 0.717) is 23.2 Å². The standard InChI is InChI=1S/C21H18FN5O2/c1-14-12-26(13-25-14)7-3-4-15-8-17(11-24-10-15)19-20(29-21(28)27(19)23)16-5-2-6-18(22)9-16/h2,5-6,8-13,19-20H,7,23H2,1H3/t19-,20-/m1/s1. The number of imidazole rings is 1. The number of hydrogen-bond acceptors (Lipinski definition) is 5. The average molecular weight is 391 g/mol. The smallest absolute Gasteiger partial charge is 0.425 e. The van der Waals surface area contributed by atoms with Gasteiger partial charge < -0.3 is 9.30 Å². The van der Waals surface area contributed by atoms with Crippen molar-refractivity contribution < 1.29 is 13.9 Å². The Bertz CT molecular complexity index is 1120. The van der Waals surface area contributed by atoms with Gasteiger partial charge in [-0.1, -0.05) is 24.0 Å². The van der Waals surface area contributed by atoms with Gasteiger partial charge in [-0.2, -0.15) is 0 Å². The highest BCUT2D eigenvalue weighted by Crippen LogP contribution is 2.41. The van der Waals surface area contributed by atoms with Gasteiger partial charge in [-0.15, -0.1) is 0 Å². The number of cyclic esters (lactones) is 1. The summed E-state index contributed by atoms with van der Waals surface area (Å²) in [4.78, 5) is 20.4. The Morgan fingerprint density at radius 2 is 2.14 bits per heavy atom. The summed E-state index contributed by atoms with van der Waals surface area (Å²) in [5.41, 5.74) is 2.76. The summed E-state index contributed by atoms with van der Waals surface area (Å²) in [6, 6.07) is 7.07. The maximum absolute atomic E-state index is 13.7. The van der Waals surface area contributed by atoms with E-state index in [2.05, 4.69) is 21.8 Å². The van der Waals surface area contributed by atoms with Crippen molar-refractivity contribution in [3.63, 3.8) is 0 Å². The van der Waals surface area contributed by atoms with E-state index in [0.717, 1.165) is 10.7 Å². The molecule has 2 N–H and O–H groups in total. The van der Waals surface area contributed by atoms with Crippen molar-refractivity contribution in [2.45, 2.75) is 25.6 Å². The van der Waals surface area contributed by atoms with Crippen molar-refractivity contribution in [3.05, 3.63) is 83.5 Å². The maximum Gasteiger partial charge on any atom is 0.425 e. The summed E-state index contributed by atoms with van der Waals surface area (Å²) in [7, 11) is 0. The van der Waals surface area contributed by atoms with Crippen LogP contribution in [0.5, 0.6) is 0 Å². The fourth-order valence-electron chi connectivity index (χ4n) is 3.24. The van der Waals surface area contributed by atoms with Gasteiger partial charge in [0, 0.05) is 24.2 Å². The van der Waals surface area contributed by atoms with Crippen LogP contribution in [0.1, 0.15) is 34.5 Å². The molecule has 0 saturated carbocycles. The Hall–Kier alpha value is -3.70. The van der Waals surface area contributed by atoms with Gasteiger partial charge in [0.25, 0.3) is 0 Å². The van der Waals surface area contributed by atoms with E-state index < -0.39 is 24.1 Å². The van der Waals surface area contributed by atoms with Crippen LogP contribution in [0.15, 0.2) is 55.2 Å². The van der Waals surface area contributed by atoms with E-state index in [4.69, 9.17) is 10.6 Å². The van der Waals surface area contributed by atoms with Gasteiger partial charge in [-0.05, 0) is 36.2 Å². The second-order valence-corrected chi connectivity index (χ2v) is 6.71. The second kappa shape index (κ2) is 7.73. The number of nitrogens with zero attached hydrogens (tertiary/aromatic N) is 4. The first kappa shape index (κ1) is 18.7. The van der Waals surface area contributed by atoms with Crippen LogP contribution in [-0.2, 0) is 11.3 Å². The number of carbonyl (C=O) groups is 1. The summed E-state index contributed by atoms with van der Waals surface area (Å²) in [6.45, 7) is 2.40. The predicted molar refractivity (Wildman–Crippen MR) is 102 cm³/mol. The van der Waals surface area contributed by atoms with E-state index in [1.54, 1.807) is 36.9 Å². The number of hydrogen-bond donors (Lipinski definition) is 1. The topological polar surface area (TPSA) is 86.3 Å². The number of aromatic nitrogens is 3. The number of nitrogens with two attached hydrogens (primary N) is 1. The third-order valence-electron chi connectivity index (χ3n) is 4.56. The minimum Gasteiger partial charge on any atom is -0.438 e. The minimum absolute atomic E-state index is 0.416.